The summed E-state index contributed by atoms with van der Waals surface area (Å²) in [6.07, 6.45) is 0.918. The molecule has 0 aliphatic carbocycles. The van der Waals surface area contributed by atoms with Crippen LogP contribution in [-0.4, -0.2) is 51.8 Å². The molecule has 1 aliphatic heterocycles. The first-order chi connectivity index (χ1) is 12.0. The van der Waals surface area contributed by atoms with Gasteiger partial charge in [0.1, 0.15) is 6.10 Å². The number of carbonyl (C=O) groups is 2. The first kappa shape index (κ1) is 19.4. The van der Waals surface area contributed by atoms with Gasteiger partial charge >= 0.3 is 0 Å². The minimum absolute atomic E-state index is 0.0513. The zero-order valence-corrected chi connectivity index (χ0v) is 15.1. The highest BCUT2D eigenvalue weighted by Crippen LogP contribution is 2.31. The highest BCUT2D eigenvalue weighted by molar-refractivity contribution is 5.97. The molecule has 2 rings (SSSR count). The molecule has 0 aromatic heterocycles. The molecule has 1 aromatic rings. The maximum absolute atomic E-state index is 12.8. The molecule has 1 saturated heterocycles. The number of hydrogen-bond acceptors (Lipinski definition) is 5. The topological polar surface area (TPSA) is 88.7 Å². The Morgan fingerprint density at radius 3 is 2.44 bits per heavy atom. The second-order valence-electron chi connectivity index (χ2n) is 6.37. The third kappa shape index (κ3) is 5.01. The zero-order chi connectivity index (χ0) is 18.3. The van der Waals surface area contributed by atoms with Gasteiger partial charge in [-0.1, -0.05) is 6.07 Å². The highest BCUT2D eigenvalue weighted by Gasteiger charge is 2.39. The van der Waals surface area contributed by atoms with Crippen molar-refractivity contribution in [2.75, 3.05) is 44.5 Å². The zero-order valence-electron chi connectivity index (χ0n) is 15.1. The number of hydrogen-bond donors (Lipinski definition) is 3. The predicted molar refractivity (Wildman–Crippen MR) is 96.6 cm³/mol. The van der Waals surface area contributed by atoms with Gasteiger partial charge in [0.05, 0.1) is 12.0 Å². The van der Waals surface area contributed by atoms with Crippen LogP contribution >= 0.6 is 0 Å². The average Bonchev–Trinajstić information content (AvgIpc) is 2.62. The average molecular weight is 349 g/mol. The van der Waals surface area contributed by atoms with Gasteiger partial charge in [0, 0.05) is 25.6 Å². The third-order valence-electron chi connectivity index (χ3n) is 4.57. The second-order valence-corrected chi connectivity index (χ2v) is 6.37. The number of carbonyl (C=O) groups excluding carboxylic acids is 2. The molecule has 1 atom stereocenters. The first-order valence-corrected chi connectivity index (χ1v) is 8.45. The summed E-state index contributed by atoms with van der Waals surface area (Å²) in [4.78, 5) is 24.8. The Morgan fingerprint density at radius 2 is 1.84 bits per heavy atom. The summed E-state index contributed by atoms with van der Waals surface area (Å²) in [5.41, 5.74) is 0.726. The molecule has 0 radical (unpaired) electrons. The van der Waals surface area contributed by atoms with Crippen molar-refractivity contribution in [1.29, 1.82) is 0 Å². The lowest BCUT2D eigenvalue weighted by Crippen LogP contribution is -2.47. The van der Waals surface area contributed by atoms with E-state index in [1.807, 2.05) is 0 Å². The van der Waals surface area contributed by atoms with Crippen LogP contribution in [0, 0.1) is 5.41 Å². The van der Waals surface area contributed by atoms with Crippen LogP contribution in [0.4, 0.5) is 11.4 Å². The molecular weight excluding hydrogens is 322 g/mol. The lowest BCUT2D eigenvalue weighted by Gasteiger charge is -2.35. The molecular formula is C18H27N3O4. The number of piperidine rings is 1. The molecule has 25 heavy (non-hydrogen) atoms. The van der Waals surface area contributed by atoms with Crippen LogP contribution in [0.2, 0.25) is 0 Å². The molecule has 1 fully saturated rings. The van der Waals surface area contributed by atoms with Crippen molar-refractivity contribution in [2.45, 2.75) is 25.9 Å². The van der Waals surface area contributed by atoms with Crippen molar-refractivity contribution in [3.8, 4) is 0 Å². The molecule has 7 nitrogen and oxygen atoms in total. The van der Waals surface area contributed by atoms with Crippen LogP contribution in [0.1, 0.15) is 19.8 Å². The summed E-state index contributed by atoms with van der Waals surface area (Å²) >= 11 is 0. The van der Waals surface area contributed by atoms with E-state index in [1.54, 1.807) is 38.3 Å². The van der Waals surface area contributed by atoms with E-state index in [4.69, 9.17) is 9.47 Å². The van der Waals surface area contributed by atoms with Gasteiger partial charge in [-0.15, -0.1) is 0 Å². The van der Waals surface area contributed by atoms with Gasteiger partial charge in [-0.2, -0.15) is 0 Å². The van der Waals surface area contributed by atoms with Crippen LogP contribution in [0.3, 0.4) is 0 Å². The van der Waals surface area contributed by atoms with Gasteiger partial charge in [0.15, 0.2) is 0 Å². The highest BCUT2D eigenvalue weighted by atomic mass is 16.5. The number of rotatable bonds is 7. The third-order valence-corrected chi connectivity index (χ3v) is 4.57. The number of nitrogens with one attached hydrogen (secondary N) is 3. The normalized spacial score (nSPS) is 17.6. The molecule has 138 valence electrons. The fraction of sp³-hybridized carbons (Fsp3) is 0.556. The molecule has 1 heterocycles. The summed E-state index contributed by atoms with van der Waals surface area (Å²) < 4.78 is 10.3. The Kier molecular flexibility index (Phi) is 6.92. The van der Waals surface area contributed by atoms with Crippen molar-refractivity contribution < 1.29 is 19.1 Å². The maximum Gasteiger partial charge on any atom is 0.253 e. The maximum atomic E-state index is 12.8. The molecule has 2 amide bonds. The SMILES string of the molecule is COCC1(C(=O)Nc2cccc(NC(=O)C(C)OC)c2)CCNCC1. The monoisotopic (exact) mass is 349 g/mol. The number of ether oxygens (including phenoxy) is 2. The predicted octanol–water partition coefficient (Wildman–Crippen LogP) is 1.61. The summed E-state index contributed by atoms with van der Waals surface area (Å²) in [5.74, 6) is -0.287. The lowest BCUT2D eigenvalue weighted by molar-refractivity contribution is -0.130. The summed E-state index contributed by atoms with van der Waals surface area (Å²) in [6, 6.07) is 7.09. The molecule has 0 saturated carbocycles. The quantitative estimate of drug-likeness (QED) is 0.696. The molecule has 1 aromatic carbocycles. The van der Waals surface area contributed by atoms with Crippen molar-refractivity contribution >= 4 is 23.2 Å². The molecule has 7 heteroatoms. The van der Waals surface area contributed by atoms with Crippen LogP contribution in [-0.2, 0) is 19.1 Å². The van der Waals surface area contributed by atoms with Gasteiger partial charge < -0.3 is 25.4 Å². The Hall–Kier alpha value is -1.96. The van der Waals surface area contributed by atoms with Gasteiger partial charge in [0.2, 0.25) is 5.91 Å². The van der Waals surface area contributed by atoms with Gasteiger partial charge in [0.25, 0.3) is 5.91 Å². The van der Waals surface area contributed by atoms with Crippen molar-refractivity contribution in [1.82, 2.24) is 5.32 Å². The minimum Gasteiger partial charge on any atom is -0.384 e. The van der Waals surface area contributed by atoms with Crippen LogP contribution in [0.25, 0.3) is 0 Å². The molecule has 0 spiro atoms. The summed E-state index contributed by atoms with van der Waals surface area (Å²) in [5, 5.41) is 9.00. The number of methoxy groups -OCH3 is 2. The van der Waals surface area contributed by atoms with E-state index in [2.05, 4.69) is 16.0 Å². The lowest BCUT2D eigenvalue weighted by atomic mass is 9.78. The van der Waals surface area contributed by atoms with Crippen LogP contribution in [0.5, 0.6) is 0 Å². The first-order valence-electron chi connectivity index (χ1n) is 8.45. The Morgan fingerprint density at radius 1 is 1.20 bits per heavy atom. The Labute approximate surface area is 148 Å². The summed E-state index contributed by atoms with van der Waals surface area (Å²) in [6.45, 7) is 3.65. The van der Waals surface area contributed by atoms with Crippen molar-refractivity contribution in [3.63, 3.8) is 0 Å². The minimum atomic E-state index is -0.544. The van der Waals surface area contributed by atoms with E-state index in [-0.39, 0.29) is 11.8 Å². The molecule has 1 unspecified atom stereocenters. The van der Waals surface area contributed by atoms with Crippen molar-refractivity contribution in [3.05, 3.63) is 24.3 Å². The van der Waals surface area contributed by atoms with Crippen LogP contribution in [0.15, 0.2) is 24.3 Å². The molecule has 1 aliphatic rings. The fourth-order valence-electron chi connectivity index (χ4n) is 2.91. The van der Waals surface area contributed by atoms with E-state index in [1.165, 1.54) is 7.11 Å². The molecule has 0 bridgehead atoms. The number of amides is 2. The smallest absolute Gasteiger partial charge is 0.253 e. The van der Waals surface area contributed by atoms with E-state index in [0.29, 0.717) is 18.0 Å². The summed E-state index contributed by atoms with van der Waals surface area (Å²) in [7, 11) is 3.10. The Bertz CT molecular complexity index is 594. The van der Waals surface area contributed by atoms with Gasteiger partial charge in [-0.3, -0.25) is 9.59 Å². The van der Waals surface area contributed by atoms with Gasteiger partial charge in [-0.25, -0.2) is 0 Å². The van der Waals surface area contributed by atoms with Crippen LogP contribution < -0.4 is 16.0 Å². The van der Waals surface area contributed by atoms with E-state index in [9.17, 15) is 9.59 Å². The van der Waals surface area contributed by atoms with Gasteiger partial charge in [-0.05, 0) is 51.1 Å². The largest absolute Gasteiger partial charge is 0.384 e. The van der Waals surface area contributed by atoms with E-state index in [0.717, 1.165) is 25.9 Å². The van der Waals surface area contributed by atoms with Crippen molar-refractivity contribution in [2.24, 2.45) is 5.41 Å². The standard InChI is InChI=1S/C18H27N3O4/c1-13(25-3)16(22)20-14-5-4-6-15(11-14)21-17(23)18(12-24-2)7-9-19-10-8-18/h4-6,11,13,19H,7-10,12H2,1-3H3,(H,20,22)(H,21,23). The van der Waals surface area contributed by atoms with E-state index >= 15 is 0 Å². The second kappa shape index (κ2) is 8.94. The number of benzene rings is 1. The fourth-order valence-corrected chi connectivity index (χ4v) is 2.91. The van der Waals surface area contributed by atoms with E-state index < -0.39 is 11.5 Å². The molecule has 3 N–H and O–H groups in total. The number of anilines is 2. The Balaban J connectivity index is 2.07.